The van der Waals surface area contributed by atoms with Crippen molar-refractivity contribution < 1.29 is 18.6 Å². The number of pyridine rings is 1. The highest BCUT2D eigenvalue weighted by molar-refractivity contribution is 6.31. The molecule has 0 saturated carbocycles. The molecule has 1 aromatic heterocycles. The fourth-order valence-corrected chi connectivity index (χ4v) is 3.64. The Kier molecular flexibility index (Phi) is 7.30. The lowest BCUT2D eigenvalue weighted by molar-refractivity contribution is 0.0978. The van der Waals surface area contributed by atoms with Gasteiger partial charge in [0, 0.05) is 22.9 Å². The molecule has 0 amide bonds. The average molecular weight is 496 g/mol. The Morgan fingerprint density at radius 3 is 2.60 bits per heavy atom. The van der Waals surface area contributed by atoms with Crippen molar-refractivity contribution in [3.8, 4) is 23.6 Å². The van der Waals surface area contributed by atoms with Crippen molar-refractivity contribution in [3.63, 3.8) is 0 Å². The molecule has 1 unspecified atom stereocenters. The van der Waals surface area contributed by atoms with Crippen LogP contribution in [0.15, 0.2) is 66.1 Å². The van der Waals surface area contributed by atoms with Crippen LogP contribution in [0, 0.1) is 43.2 Å². The fourth-order valence-electron chi connectivity index (χ4n) is 3.48. The Balaban J connectivity index is 1.96. The van der Waals surface area contributed by atoms with E-state index in [0.29, 0.717) is 39.8 Å². The molecule has 0 saturated heterocycles. The number of nitrogens with one attached hydrogen (secondary N) is 2. The summed E-state index contributed by atoms with van der Waals surface area (Å²) in [6, 6.07) is 3.45. The van der Waals surface area contributed by atoms with E-state index in [1.54, 1.807) is 32.1 Å². The Hall–Kier alpha value is -3.73. The van der Waals surface area contributed by atoms with Crippen LogP contribution in [0.3, 0.4) is 0 Å². The largest absolute Gasteiger partial charge is 0.494 e. The second kappa shape index (κ2) is 9.87. The Morgan fingerprint density at radius 1 is 1.29 bits per heavy atom. The quantitative estimate of drug-likeness (QED) is 0.361. The summed E-state index contributed by atoms with van der Waals surface area (Å²) in [6.07, 6.45) is 8.97. The number of nitrogens with zero attached hydrogens (tertiary/aromatic N) is 1. The van der Waals surface area contributed by atoms with E-state index in [9.17, 15) is 13.9 Å². The number of methoxy groups -OCH3 is 1. The van der Waals surface area contributed by atoms with Crippen LogP contribution in [0.5, 0.6) is 0 Å². The smallest absolute Gasteiger partial charge is 0.184 e. The average Bonchev–Trinajstić information content (AvgIpc) is 2.83. The van der Waals surface area contributed by atoms with Crippen molar-refractivity contribution in [2.75, 3.05) is 13.7 Å². The number of ether oxygens (including phenoxy) is 1. The summed E-state index contributed by atoms with van der Waals surface area (Å²) in [6.45, 7) is 11.1. The van der Waals surface area contributed by atoms with E-state index in [1.807, 2.05) is 0 Å². The van der Waals surface area contributed by atoms with E-state index in [2.05, 4.69) is 29.4 Å². The van der Waals surface area contributed by atoms with Gasteiger partial charge in [-0.25, -0.2) is 13.8 Å². The lowest BCUT2D eigenvalue weighted by atomic mass is 9.94. The summed E-state index contributed by atoms with van der Waals surface area (Å²) < 4.78 is 33.5. The van der Waals surface area contributed by atoms with E-state index in [4.69, 9.17) is 28.2 Å². The number of aryl methyl sites for hydroxylation is 1. The van der Waals surface area contributed by atoms with E-state index >= 15 is 0 Å². The van der Waals surface area contributed by atoms with Gasteiger partial charge in [-0.2, -0.15) is 0 Å². The highest BCUT2D eigenvalue weighted by atomic mass is 35.5. The fraction of sp³-hybridized carbons (Fsp3) is 0.185. The molecular formula is C27H24ClF2N3O2. The van der Waals surface area contributed by atoms with Crippen LogP contribution in [0.1, 0.15) is 16.8 Å². The molecule has 1 aliphatic rings. The Morgan fingerprint density at radius 2 is 1.97 bits per heavy atom. The van der Waals surface area contributed by atoms with Crippen molar-refractivity contribution in [3.05, 3.63) is 99.6 Å². The third kappa shape index (κ3) is 5.04. The summed E-state index contributed by atoms with van der Waals surface area (Å²) >= 11 is 5.87. The summed E-state index contributed by atoms with van der Waals surface area (Å²) in [5, 5.41) is 22.0. The van der Waals surface area contributed by atoms with Crippen molar-refractivity contribution in [2.24, 2.45) is 0 Å². The number of terminal acetylenes is 1. The number of allylic oxidation sites excluding steroid dienone is 3. The van der Waals surface area contributed by atoms with Gasteiger partial charge in [0.1, 0.15) is 23.1 Å². The minimum absolute atomic E-state index is 0.0128. The predicted octanol–water partition coefficient (Wildman–Crippen LogP) is 5.27. The van der Waals surface area contributed by atoms with Crippen LogP contribution in [0.2, 0.25) is 5.02 Å². The summed E-state index contributed by atoms with van der Waals surface area (Å²) in [4.78, 5) is 4.44. The van der Waals surface area contributed by atoms with Gasteiger partial charge in [-0.05, 0) is 54.8 Å². The first-order chi connectivity index (χ1) is 16.4. The van der Waals surface area contributed by atoms with Crippen LogP contribution in [-0.4, -0.2) is 29.5 Å². The summed E-state index contributed by atoms with van der Waals surface area (Å²) in [5.41, 5.74) is 1.27. The van der Waals surface area contributed by atoms with Crippen molar-refractivity contribution >= 4 is 17.3 Å². The maximum Gasteiger partial charge on any atom is 0.184 e. The number of aliphatic hydroxyl groups is 1. The molecule has 1 aliphatic carbocycles. The highest BCUT2D eigenvalue weighted by Crippen LogP contribution is 2.33. The zero-order valence-electron chi connectivity index (χ0n) is 19.5. The van der Waals surface area contributed by atoms with Crippen LogP contribution in [0.4, 0.5) is 8.78 Å². The Labute approximate surface area is 208 Å². The van der Waals surface area contributed by atoms with Crippen LogP contribution < -0.4 is 5.32 Å². The van der Waals surface area contributed by atoms with Crippen molar-refractivity contribution in [1.29, 1.82) is 5.41 Å². The van der Waals surface area contributed by atoms with Gasteiger partial charge in [-0.1, -0.05) is 30.7 Å². The minimum atomic E-state index is -1.90. The molecule has 0 spiro atoms. The highest BCUT2D eigenvalue weighted by Gasteiger charge is 2.31. The molecule has 1 aromatic carbocycles. The third-order valence-corrected chi connectivity index (χ3v) is 6.06. The zero-order valence-corrected chi connectivity index (χ0v) is 20.3. The van der Waals surface area contributed by atoms with E-state index in [0.717, 1.165) is 6.07 Å². The van der Waals surface area contributed by atoms with Gasteiger partial charge in [0.25, 0.3) is 0 Å². The molecule has 3 N–H and O–H groups in total. The maximum absolute atomic E-state index is 14.6. The molecule has 35 heavy (non-hydrogen) atoms. The predicted molar refractivity (Wildman–Crippen MR) is 134 cm³/mol. The second-order valence-corrected chi connectivity index (χ2v) is 8.50. The SMILES string of the molecule is C#CC(O)(CNC(=C)C1=CC(=C)C(=N)C(OC)=C1)c1cc(C)c(C)c(-c2cc(Cl)c(F)cc2F)n1. The molecule has 0 aliphatic heterocycles. The van der Waals surface area contributed by atoms with Gasteiger partial charge in [0.15, 0.2) is 5.60 Å². The number of halogens is 3. The van der Waals surface area contributed by atoms with Gasteiger partial charge in [-0.3, -0.25) is 5.41 Å². The number of hydrogen-bond donors (Lipinski definition) is 3. The van der Waals surface area contributed by atoms with Gasteiger partial charge < -0.3 is 15.2 Å². The number of hydrogen-bond acceptors (Lipinski definition) is 5. The van der Waals surface area contributed by atoms with Crippen molar-refractivity contribution in [2.45, 2.75) is 19.4 Å². The van der Waals surface area contributed by atoms with Gasteiger partial charge in [0.2, 0.25) is 0 Å². The monoisotopic (exact) mass is 495 g/mol. The first kappa shape index (κ1) is 25.9. The second-order valence-electron chi connectivity index (χ2n) is 8.09. The summed E-state index contributed by atoms with van der Waals surface area (Å²) in [7, 11) is 1.45. The molecule has 1 atom stereocenters. The topological polar surface area (TPSA) is 78.2 Å². The Bertz CT molecular complexity index is 1370. The first-order valence-electron chi connectivity index (χ1n) is 10.4. The van der Waals surface area contributed by atoms with E-state index in [1.165, 1.54) is 7.11 Å². The molecule has 0 bridgehead atoms. The summed E-state index contributed by atoms with van der Waals surface area (Å²) in [5.74, 6) is 0.941. The maximum atomic E-state index is 14.6. The lowest BCUT2D eigenvalue weighted by Crippen LogP contribution is -2.38. The number of rotatable bonds is 7. The molecule has 8 heteroatoms. The molecule has 0 fully saturated rings. The lowest BCUT2D eigenvalue weighted by Gasteiger charge is -2.26. The molecule has 5 nitrogen and oxygen atoms in total. The van der Waals surface area contributed by atoms with Gasteiger partial charge in [0.05, 0.1) is 30.1 Å². The number of aromatic nitrogens is 1. The molecule has 0 radical (unpaired) electrons. The van der Waals surface area contributed by atoms with Crippen molar-refractivity contribution in [1.82, 2.24) is 10.3 Å². The van der Waals surface area contributed by atoms with Crippen LogP contribution >= 0.6 is 11.6 Å². The number of benzene rings is 1. The van der Waals surface area contributed by atoms with Gasteiger partial charge >= 0.3 is 0 Å². The molecule has 180 valence electrons. The van der Waals surface area contributed by atoms with E-state index < -0.39 is 17.2 Å². The zero-order chi connectivity index (χ0) is 26.1. The van der Waals surface area contributed by atoms with Crippen LogP contribution in [0.25, 0.3) is 11.3 Å². The standard InChI is InChI=1S/C27H24ClF2N3O2/c1-7-27(34,13-32-17(5)18-8-15(3)25(31)23(10-18)35-6)24-9-14(2)16(4)26(33-24)19-11-20(28)22(30)12-21(19)29/h1,8-12,31-32,34H,3,5,13H2,2,4,6H3. The first-order valence-corrected chi connectivity index (χ1v) is 10.8. The molecular weight excluding hydrogens is 472 g/mol. The molecule has 1 heterocycles. The van der Waals surface area contributed by atoms with E-state index in [-0.39, 0.29) is 34.2 Å². The minimum Gasteiger partial charge on any atom is -0.494 e. The van der Waals surface area contributed by atoms with Gasteiger partial charge in [-0.15, -0.1) is 6.42 Å². The molecule has 2 aromatic rings. The molecule has 3 rings (SSSR count). The van der Waals surface area contributed by atoms with Crippen LogP contribution in [-0.2, 0) is 10.3 Å². The normalized spacial score (nSPS) is 15.0. The third-order valence-electron chi connectivity index (χ3n) is 5.77.